The van der Waals surface area contributed by atoms with E-state index >= 15 is 0 Å². The van der Waals surface area contributed by atoms with E-state index in [1.54, 1.807) is 0 Å². The third-order valence-corrected chi connectivity index (χ3v) is 4.44. The average molecular weight is 336 g/mol. The Hall–Kier alpha value is -2.63. The summed E-state index contributed by atoms with van der Waals surface area (Å²) in [4.78, 5) is 4.79. The SMILES string of the molecule is OCC(O)CNc1cc(-c2ccc3c(c2)CCO3)nc2ccccc12. The minimum atomic E-state index is -0.799. The molecule has 5 heteroatoms. The molecule has 0 radical (unpaired) electrons. The van der Waals surface area contributed by atoms with Gasteiger partial charge in [0.05, 0.1) is 30.5 Å². The Bertz CT molecular complexity index is 911. The van der Waals surface area contributed by atoms with Crippen LogP contribution < -0.4 is 10.1 Å². The van der Waals surface area contributed by atoms with Crippen molar-refractivity contribution < 1.29 is 14.9 Å². The molecule has 1 aliphatic rings. The molecule has 0 fully saturated rings. The van der Waals surface area contributed by atoms with Gasteiger partial charge in [0, 0.05) is 29.6 Å². The summed E-state index contributed by atoms with van der Waals surface area (Å²) < 4.78 is 5.58. The highest BCUT2D eigenvalue weighted by atomic mass is 16.5. The summed E-state index contributed by atoms with van der Waals surface area (Å²) in [6.45, 7) is 0.742. The van der Waals surface area contributed by atoms with Gasteiger partial charge in [0.1, 0.15) is 5.75 Å². The monoisotopic (exact) mass is 336 g/mol. The number of para-hydroxylation sites is 1. The number of fused-ring (bicyclic) bond motifs is 2. The van der Waals surface area contributed by atoms with Crippen molar-refractivity contribution in [2.45, 2.75) is 12.5 Å². The van der Waals surface area contributed by atoms with E-state index in [2.05, 4.69) is 11.4 Å². The molecule has 0 saturated heterocycles. The van der Waals surface area contributed by atoms with Gasteiger partial charge in [-0.3, -0.25) is 0 Å². The van der Waals surface area contributed by atoms with Crippen LogP contribution in [0.3, 0.4) is 0 Å². The molecule has 5 nitrogen and oxygen atoms in total. The molecule has 0 bridgehead atoms. The molecule has 3 aromatic rings. The summed E-state index contributed by atoms with van der Waals surface area (Å²) in [5.74, 6) is 0.953. The number of nitrogens with one attached hydrogen (secondary N) is 1. The van der Waals surface area contributed by atoms with Crippen molar-refractivity contribution in [1.29, 1.82) is 0 Å². The topological polar surface area (TPSA) is 74.6 Å². The van der Waals surface area contributed by atoms with Crippen molar-refractivity contribution in [3.63, 3.8) is 0 Å². The minimum absolute atomic E-state index is 0.270. The third-order valence-electron chi connectivity index (χ3n) is 4.44. The zero-order chi connectivity index (χ0) is 17.2. The van der Waals surface area contributed by atoms with Crippen LogP contribution in [0.2, 0.25) is 0 Å². The standard InChI is InChI=1S/C20H20N2O3/c23-12-15(24)11-21-19-10-18(22-17-4-2-1-3-16(17)19)13-5-6-20-14(9-13)7-8-25-20/h1-6,9-10,15,23-24H,7-8,11-12H2,(H,21,22). The Labute approximate surface area is 145 Å². The fourth-order valence-corrected chi connectivity index (χ4v) is 3.11. The van der Waals surface area contributed by atoms with Gasteiger partial charge in [-0.05, 0) is 35.9 Å². The number of nitrogens with zero attached hydrogens (tertiary/aromatic N) is 1. The predicted octanol–water partition coefficient (Wildman–Crippen LogP) is 2.60. The van der Waals surface area contributed by atoms with Crippen molar-refractivity contribution >= 4 is 16.6 Å². The highest BCUT2D eigenvalue weighted by Crippen LogP contribution is 2.32. The number of hydrogen-bond acceptors (Lipinski definition) is 5. The third kappa shape index (κ3) is 3.16. The largest absolute Gasteiger partial charge is 0.493 e. The van der Waals surface area contributed by atoms with Crippen molar-refractivity contribution in [2.24, 2.45) is 0 Å². The summed E-state index contributed by atoms with van der Waals surface area (Å²) in [5.41, 5.74) is 4.90. The van der Waals surface area contributed by atoms with Gasteiger partial charge < -0.3 is 20.3 Å². The van der Waals surface area contributed by atoms with Gasteiger partial charge in [-0.2, -0.15) is 0 Å². The molecule has 128 valence electrons. The maximum atomic E-state index is 9.64. The Balaban J connectivity index is 1.76. The van der Waals surface area contributed by atoms with E-state index in [4.69, 9.17) is 14.8 Å². The molecule has 4 rings (SSSR count). The summed E-state index contributed by atoms with van der Waals surface area (Å²) in [7, 11) is 0. The molecular weight excluding hydrogens is 316 g/mol. The second-order valence-corrected chi connectivity index (χ2v) is 6.21. The van der Waals surface area contributed by atoms with Gasteiger partial charge in [0.15, 0.2) is 0 Å². The molecular formula is C20H20N2O3. The first-order valence-electron chi connectivity index (χ1n) is 8.43. The van der Waals surface area contributed by atoms with Gasteiger partial charge in [0.25, 0.3) is 0 Å². The van der Waals surface area contributed by atoms with Gasteiger partial charge in [-0.15, -0.1) is 0 Å². The van der Waals surface area contributed by atoms with Crippen LogP contribution in [0.25, 0.3) is 22.2 Å². The number of rotatable bonds is 5. The van der Waals surface area contributed by atoms with Crippen LogP contribution in [0.1, 0.15) is 5.56 Å². The summed E-state index contributed by atoms with van der Waals surface area (Å²) >= 11 is 0. The van der Waals surface area contributed by atoms with Crippen LogP contribution >= 0.6 is 0 Å². The summed E-state index contributed by atoms with van der Waals surface area (Å²) in [6.07, 6.45) is 0.123. The maximum absolute atomic E-state index is 9.64. The van der Waals surface area contributed by atoms with Crippen molar-refractivity contribution in [3.8, 4) is 17.0 Å². The van der Waals surface area contributed by atoms with Crippen molar-refractivity contribution in [3.05, 3.63) is 54.1 Å². The first kappa shape index (κ1) is 15.9. The number of benzene rings is 2. The smallest absolute Gasteiger partial charge is 0.122 e. The molecule has 2 aromatic carbocycles. The van der Waals surface area contributed by atoms with E-state index in [0.717, 1.165) is 46.6 Å². The van der Waals surface area contributed by atoms with E-state index in [1.807, 2.05) is 42.5 Å². The number of anilines is 1. The van der Waals surface area contributed by atoms with Crippen LogP contribution in [0.4, 0.5) is 5.69 Å². The number of aromatic nitrogens is 1. The molecule has 0 spiro atoms. The van der Waals surface area contributed by atoms with Crippen LogP contribution in [0.15, 0.2) is 48.5 Å². The fourth-order valence-electron chi connectivity index (χ4n) is 3.11. The molecule has 1 aromatic heterocycles. The fraction of sp³-hybridized carbons (Fsp3) is 0.250. The van der Waals surface area contributed by atoms with Gasteiger partial charge in [-0.1, -0.05) is 18.2 Å². The molecule has 1 unspecified atom stereocenters. The highest BCUT2D eigenvalue weighted by Gasteiger charge is 2.14. The number of ether oxygens (including phenoxy) is 1. The van der Waals surface area contributed by atoms with Gasteiger partial charge >= 0.3 is 0 Å². The first-order chi connectivity index (χ1) is 12.2. The molecule has 0 amide bonds. The maximum Gasteiger partial charge on any atom is 0.122 e. The molecule has 1 aliphatic heterocycles. The van der Waals surface area contributed by atoms with E-state index in [0.29, 0.717) is 0 Å². The number of aliphatic hydroxyl groups excluding tert-OH is 2. The predicted molar refractivity (Wildman–Crippen MR) is 98.0 cm³/mol. The second-order valence-electron chi connectivity index (χ2n) is 6.21. The summed E-state index contributed by atoms with van der Waals surface area (Å²) in [6, 6.07) is 16.0. The number of pyridine rings is 1. The molecule has 25 heavy (non-hydrogen) atoms. The normalized spacial score (nSPS) is 14.2. The lowest BCUT2D eigenvalue weighted by atomic mass is 10.0. The quantitative estimate of drug-likeness (QED) is 0.668. The van der Waals surface area contributed by atoms with Crippen LogP contribution in [0, 0.1) is 0 Å². The second kappa shape index (κ2) is 6.70. The van der Waals surface area contributed by atoms with E-state index < -0.39 is 6.10 Å². The zero-order valence-electron chi connectivity index (χ0n) is 13.8. The van der Waals surface area contributed by atoms with Crippen molar-refractivity contribution in [1.82, 2.24) is 4.98 Å². The molecule has 0 aliphatic carbocycles. The lowest BCUT2D eigenvalue weighted by Crippen LogP contribution is -2.23. The number of hydrogen-bond donors (Lipinski definition) is 3. The van der Waals surface area contributed by atoms with Crippen LogP contribution in [0.5, 0.6) is 5.75 Å². The zero-order valence-corrected chi connectivity index (χ0v) is 13.8. The lowest BCUT2D eigenvalue weighted by molar-refractivity contribution is 0.105. The molecule has 3 N–H and O–H groups in total. The average Bonchev–Trinajstić information content (AvgIpc) is 3.13. The van der Waals surface area contributed by atoms with Crippen molar-refractivity contribution in [2.75, 3.05) is 25.1 Å². The van der Waals surface area contributed by atoms with Gasteiger partial charge in [0.2, 0.25) is 0 Å². The van der Waals surface area contributed by atoms with E-state index in [9.17, 15) is 5.11 Å². The Kier molecular flexibility index (Phi) is 4.26. The highest BCUT2D eigenvalue weighted by molar-refractivity contribution is 5.93. The van der Waals surface area contributed by atoms with Crippen LogP contribution in [-0.4, -0.2) is 41.1 Å². The Morgan fingerprint density at radius 2 is 2.04 bits per heavy atom. The molecule has 0 saturated carbocycles. The molecule has 2 heterocycles. The summed E-state index contributed by atoms with van der Waals surface area (Å²) in [5, 5.41) is 22.9. The van der Waals surface area contributed by atoms with E-state index in [-0.39, 0.29) is 13.2 Å². The van der Waals surface area contributed by atoms with E-state index in [1.165, 1.54) is 5.56 Å². The first-order valence-corrected chi connectivity index (χ1v) is 8.43. The Morgan fingerprint density at radius 1 is 1.16 bits per heavy atom. The minimum Gasteiger partial charge on any atom is -0.493 e. The van der Waals surface area contributed by atoms with Gasteiger partial charge in [-0.25, -0.2) is 4.98 Å². The lowest BCUT2D eigenvalue weighted by Gasteiger charge is -2.14. The number of aliphatic hydroxyl groups is 2. The van der Waals surface area contributed by atoms with Crippen LogP contribution in [-0.2, 0) is 6.42 Å². The molecule has 1 atom stereocenters. The Morgan fingerprint density at radius 3 is 2.92 bits per heavy atom.